The number of fused-ring (bicyclic) bond motifs is 1. The Morgan fingerprint density at radius 1 is 1.05 bits per heavy atom. The van der Waals surface area contributed by atoms with Crippen LogP contribution in [0.5, 0.6) is 0 Å². The van der Waals surface area contributed by atoms with Crippen LogP contribution in [0.1, 0.15) is 0 Å². The van der Waals surface area contributed by atoms with Crippen LogP contribution in [-0.2, 0) is 0 Å². The summed E-state index contributed by atoms with van der Waals surface area (Å²) < 4.78 is 6.72. The van der Waals surface area contributed by atoms with Gasteiger partial charge in [0, 0.05) is 12.1 Å². The third kappa shape index (κ3) is 1.95. The van der Waals surface area contributed by atoms with Gasteiger partial charge in [-0.3, -0.25) is 9.89 Å². The highest BCUT2D eigenvalue weighted by Crippen LogP contribution is 2.20. The monoisotopic (exact) mass is 277 g/mol. The average molecular weight is 277 g/mol. The van der Waals surface area contributed by atoms with E-state index in [-0.39, 0.29) is 5.56 Å². The number of nitrogens with zero attached hydrogens (tertiary/aromatic N) is 2. The van der Waals surface area contributed by atoms with Crippen LogP contribution in [0.4, 0.5) is 0 Å². The van der Waals surface area contributed by atoms with Crippen LogP contribution in [0.2, 0.25) is 0 Å². The van der Waals surface area contributed by atoms with Gasteiger partial charge >= 0.3 is 0 Å². The lowest BCUT2D eigenvalue weighted by Gasteiger charge is -1.97. The zero-order valence-corrected chi connectivity index (χ0v) is 11.0. The number of hydrogen-bond donors (Lipinski definition) is 1. The van der Waals surface area contributed by atoms with Gasteiger partial charge in [-0.2, -0.15) is 0 Å². The van der Waals surface area contributed by atoms with Gasteiger partial charge in [-0.05, 0) is 17.7 Å². The molecule has 0 aliphatic carbocycles. The second kappa shape index (κ2) is 4.49. The Morgan fingerprint density at radius 2 is 1.90 bits per heavy atom. The quantitative estimate of drug-likeness (QED) is 0.612. The van der Waals surface area contributed by atoms with Crippen molar-refractivity contribution in [3.8, 4) is 22.7 Å². The summed E-state index contributed by atoms with van der Waals surface area (Å²) in [7, 11) is 0. The van der Waals surface area contributed by atoms with E-state index < -0.39 is 0 Å². The van der Waals surface area contributed by atoms with Crippen molar-refractivity contribution in [2.45, 2.75) is 0 Å². The fraction of sp³-hybridized carbons (Fsp3) is 0. The van der Waals surface area contributed by atoms with Crippen LogP contribution in [0.3, 0.4) is 0 Å². The van der Waals surface area contributed by atoms with Gasteiger partial charge in [0.25, 0.3) is 5.56 Å². The van der Waals surface area contributed by atoms with Crippen molar-refractivity contribution in [2.24, 2.45) is 0 Å². The van der Waals surface area contributed by atoms with Crippen molar-refractivity contribution < 1.29 is 4.42 Å². The normalized spacial score (nSPS) is 11.0. The van der Waals surface area contributed by atoms with E-state index in [1.807, 2.05) is 36.4 Å². The Bertz CT molecular complexity index is 950. The van der Waals surface area contributed by atoms with Crippen LogP contribution < -0.4 is 5.56 Å². The minimum atomic E-state index is -0.173. The van der Waals surface area contributed by atoms with Crippen molar-refractivity contribution in [2.75, 3.05) is 0 Å². The van der Waals surface area contributed by atoms with E-state index in [2.05, 4.69) is 10.1 Å². The molecule has 5 heteroatoms. The Balaban J connectivity index is 1.92. The lowest BCUT2D eigenvalue weighted by atomic mass is 10.2. The molecule has 5 nitrogen and oxygen atoms in total. The van der Waals surface area contributed by atoms with Crippen molar-refractivity contribution in [1.82, 2.24) is 14.6 Å². The number of benzene rings is 1. The predicted octanol–water partition coefficient (Wildman–Crippen LogP) is 2.95. The Hall–Kier alpha value is -3.08. The van der Waals surface area contributed by atoms with Gasteiger partial charge in [-0.1, -0.05) is 30.3 Å². The van der Waals surface area contributed by atoms with Crippen LogP contribution in [-0.4, -0.2) is 14.6 Å². The predicted molar refractivity (Wildman–Crippen MR) is 79.0 cm³/mol. The van der Waals surface area contributed by atoms with Crippen LogP contribution in [0.15, 0.2) is 70.1 Å². The summed E-state index contributed by atoms with van der Waals surface area (Å²) in [5, 5.41) is 3.06. The molecule has 0 saturated heterocycles. The van der Waals surface area contributed by atoms with E-state index in [1.165, 1.54) is 10.6 Å². The summed E-state index contributed by atoms with van der Waals surface area (Å²) >= 11 is 0. The minimum Gasteiger partial charge on any atom is -0.463 e. The molecule has 0 atom stereocenters. The molecule has 1 aromatic carbocycles. The van der Waals surface area contributed by atoms with Crippen LogP contribution in [0.25, 0.3) is 28.4 Å². The molecule has 0 bridgehead atoms. The SMILES string of the molecule is O=c1cc(-c2ccco2)nc2cc(-c3ccccc3)[nH]n12. The molecule has 0 radical (unpaired) electrons. The number of H-pyrrole nitrogens is 1. The third-order valence-corrected chi connectivity index (χ3v) is 3.31. The number of nitrogens with one attached hydrogen (secondary N) is 1. The molecule has 0 spiro atoms. The van der Waals surface area contributed by atoms with E-state index in [0.717, 1.165) is 11.3 Å². The van der Waals surface area contributed by atoms with Crippen molar-refractivity contribution in [3.05, 3.63) is 71.2 Å². The van der Waals surface area contributed by atoms with Gasteiger partial charge in [0.2, 0.25) is 0 Å². The fourth-order valence-corrected chi connectivity index (χ4v) is 2.31. The zero-order chi connectivity index (χ0) is 14.2. The summed E-state index contributed by atoms with van der Waals surface area (Å²) in [6.45, 7) is 0. The molecule has 3 heterocycles. The lowest BCUT2D eigenvalue weighted by molar-refractivity contribution is 0.580. The second-order valence-corrected chi connectivity index (χ2v) is 4.69. The van der Waals surface area contributed by atoms with E-state index in [4.69, 9.17) is 4.42 Å². The molecule has 102 valence electrons. The molecule has 1 N–H and O–H groups in total. The topological polar surface area (TPSA) is 63.3 Å². The van der Waals surface area contributed by atoms with E-state index in [1.54, 1.807) is 18.4 Å². The maximum absolute atomic E-state index is 12.2. The number of aromatic nitrogens is 3. The first-order valence-corrected chi connectivity index (χ1v) is 6.53. The third-order valence-electron chi connectivity index (χ3n) is 3.31. The molecular formula is C16H11N3O2. The van der Waals surface area contributed by atoms with Gasteiger partial charge in [-0.25, -0.2) is 9.50 Å². The van der Waals surface area contributed by atoms with Crippen molar-refractivity contribution >= 4 is 5.65 Å². The van der Waals surface area contributed by atoms with Gasteiger partial charge in [0.15, 0.2) is 11.4 Å². The molecule has 0 unspecified atom stereocenters. The van der Waals surface area contributed by atoms with Crippen molar-refractivity contribution in [1.29, 1.82) is 0 Å². The highest BCUT2D eigenvalue weighted by Gasteiger charge is 2.10. The molecule has 0 aliphatic rings. The van der Waals surface area contributed by atoms with E-state index in [0.29, 0.717) is 17.1 Å². The second-order valence-electron chi connectivity index (χ2n) is 4.69. The van der Waals surface area contributed by atoms with Crippen LogP contribution >= 0.6 is 0 Å². The maximum Gasteiger partial charge on any atom is 0.273 e. The highest BCUT2D eigenvalue weighted by atomic mass is 16.3. The largest absolute Gasteiger partial charge is 0.463 e. The Labute approximate surface area is 119 Å². The number of hydrogen-bond acceptors (Lipinski definition) is 3. The molecule has 0 saturated carbocycles. The minimum absolute atomic E-state index is 0.173. The Kier molecular flexibility index (Phi) is 2.50. The summed E-state index contributed by atoms with van der Waals surface area (Å²) in [4.78, 5) is 16.7. The first-order valence-electron chi connectivity index (χ1n) is 6.53. The summed E-state index contributed by atoms with van der Waals surface area (Å²) in [6.07, 6.45) is 1.56. The van der Waals surface area contributed by atoms with Crippen molar-refractivity contribution in [3.63, 3.8) is 0 Å². The molecule has 0 fully saturated rings. The first-order chi connectivity index (χ1) is 10.3. The molecule has 4 aromatic rings. The molecule has 4 rings (SSSR count). The summed E-state index contributed by atoms with van der Waals surface area (Å²) in [6, 6.07) is 16.7. The number of rotatable bonds is 2. The van der Waals surface area contributed by atoms with Gasteiger partial charge in [0.05, 0.1) is 12.0 Å². The van der Waals surface area contributed by atoms with Gasteiger partial charge in [0.1, 0.15) is 5.69 Å². The number of furan rings is 1. The average Bonchev–Trinajstić information content (AvgIpc) is 3.17. The standard InChI is InChI=1S/C16H11N3O2/c20-16-10-13(14-7-4-8-21-14)17-15-9-12(18-19(15)16)11-5-2-1-3-6-11/h1-10,18H. The molecular weight excluding hydrogens is 266 g/mol. The van der Waals surface area contributed by atoms with Gasteiger partial charge < -0.3 is 4.42 Å². The summed E-state index contributed by atoms with van der Waals surface area (Å²) in [5.41, 5.74) is 2.77. The number of aromatic amines is 1. The zero-order valence-electron chi connectivity index (χ0n) is 11.0. The molecule has 0 aliphatic heterocycles. The Morgan fingerprint density at radius 3 is 2.67 bits per heavy atom. The molecule has 0 amide bonds. The lowest BCUT2D eigenvalue weighted by Crippen LogP contribution is -2.14. The first kappa shape index (κ1) is 11.7. The van der Waals surface area contributed by atoms with Crippen LogP contribution in [0, 0.1) is 0 Å². The smallest absolute Gasteiger partial charge is 0.273 e. The van der Waals surface area contributed by atoms with E-state index in [9.17, 15) is 4.79 Å². The van der Waals surface area contributed by atoms with E-state index >= 15 is 0 Å². The summed E-state index contributed by atoms with van der Waals surface area (Å²) in [5.74, 6) is 0.581. The maximum atomic E-state index is 12.2. The molecule has 21 heavy (non-hydrogen) atoms. The molecule has 3 aromatic heterocycles. The van der Waals surface area contributed by atoms with Gasteiger partial charge in [-0.15, -0.1) is 0 Å². The highest BCUT2D eigenvalue weighted by molar-refractivity contribution is 5.65. The fourth-order valence-electron chi connectivity index (χ4n) is 2.31.